The molecule has 0 saturated carbocycles. The Morgan fingerprint density at radius 2 is 2.20 bits per heavy atom. The van der Waals surface area contributed by atoms with Gasteiger partial charge in [-0.25, -0.2) is 4.79 Å². The topological polar surface area (TPSA) is 46.5 Å². The van der Waals surface area contributed by atoms with Crippen molar-refractivity contribution in [2.45, 2.75) is 6.92 Å². The average molecular weight is 154 g/mol. The van der Waals surface area contributed by atoms with E-state index >= 15 is 0 Å². The zero-order valence-corrected chi connectivity index (χ0v) is 5.39. The second kappa shape index (κ2) is 7.28. The van der Waals surface area contributed by atoms with Gasteiger partial charge in [-0.2, -0.15) is 0 Å². The summed E-state index contributed by atoms with van der Waals surface area (Å²) < 4.78 is 4.46. The summed E-state index contributed by atoms with van der Waals surface area (Å²) in [7, 11) is 0. The van der Waals surface area contributed by atoms with Crippen molar-refractivity contribution in [2.75, 3.05) is 13.2 Å². The number of carbonyl (C=O) groups excluding carboxylic acids is 1. The van der Waals surface area contributed by atoms with Crippen LogP contribution in [0.25, 0.3) is 0 Å². The quantitative estimate of drug-likeness (QED) is 0.337. The van der Waals surface area contributed by atoms with Gasteiger partial charge in [0.25, 0.3) is 0 Å². The zero-order valence-electron chi connectivity index (χ0n) is 5.39. The molecule has 0 aromatic carbocycles. The number of rotatable bonds is 3. The van der Waals surface area contributed by atoms with Crippen LogP contribution in [0.1, 0.15) is 6.92 Å². The second-order valence-electron chi connectivity index (χ2n) is 1.64. The molecule has 0 aliphatic carbocycles. The Balaban J connectivity index is 0. The summed E-state index contributed by atoms with van der Waals surface area (Å²) in [6.45, 7) is 4.81. The van der Waals surface area contributed by atoms with Gasteiger partial charge in [-0.3, -0.25) is 0 Å². The maximum atomic E-state index is 10.5. The van der Waals surface area contributed by atoms with Crippen molar-refractivity contribution in [3.05, 3.63) is 12.2 Å². The summed E-state index contributed by atoms with van der Waals surface area (Å²) >= 11 is 0. The molecule has 0 aliphatic heterocycles. The molecule has 0 saturated heterocycles. The van der Waals surface area contributed by atoms with Crippen molar-refractivity contribution in [2.24, 2.45) is 0 Å². The predicted octanol–water partition coefficient (Wildman–Crippen LogP) is -0.551. The number of hydrogen-bond acceptors (Lipinski definition) is 3. The van der Waals surface area contributed by atoms with Crippen molar-refractivity contribution >= 4 is 35.5 Å². The van der Waals surface area contributed by atoms with Gasteiger partial charge in [-0.1, -0.05) is 6.58 Å². The van der Waals surface area contributed by atoms with E-state index in [4.69, 9.17) is 5.11 Å². The molecule has 0 bridgehead atoms. The molecular formula is C6H11NaO3. The second-order valence-corrected chi connectivity index (χ2v) is 1.64. The number of carbonyl (C=O) groups is 1. The summed E-state index contributed by atoms with van der Waals surface area (Å²) in [5, 5.41) is 8.19. The van der Waals surface area contributed by atoms with Gasteiger partial charge >= 0.3 is 35.5 Å². The summed E-state index contributed by atoms with van der Waals surface area (Å²) in [5.74, 6) is -0.455. The van der Waals surface area contributed by atoms with Crippen LogP contribution in [0.3, 0.4) is 0 Å². The third-order valence-electron chi connectivity index (χ3n) is 0.673. The van der Waals surface area contributed by atoms with Crippen LogP contribution >= 0.6 is 0 Å². The number of ether oxygens (including phenoxy) is 1. The molecule has 54 valence electrons. The van der Waals surface area contributed by atoms with E-state index in [1.54, 1.807) is 6.92 Å². The van der Waals surface area contributed by atoms with Crippen LogP contribution < -0.4 is 0 Å². The minimum absolute atomic E-state index is 0. The van der Waals surface area contributed by atoms with Crippen LogP contribution in [-0.4, -0.2) is 53.8 Å². The summed E-state index contributed by atoms with van der Waals surface area (Å²) in [5.41, 5.74) is 0.350. The Bertz CT molecular complexity index is 122. The van der Waals surface area contributed by atoms with Gasteiger partial charge in [0.15, 0.2) is 0 Å². The number of aliphatic hydroxyl groups excluding tert-OH is 1. The Morgan fingerprint density at radius 3 is 2.50 bits per heavy atom. The fourth-order valence-corrected chi connectivity index (χ4v) is 0.262. The van der Waals surface area contributed by atoms with Crippen LogP contribution in [0.4, 0.5) is 0 Å². The molecule has 0 fully saturated rings. The summed E-state index contributed by atoms with van der Waals surface area (Å²) in [6.07, 6.45) is 0. The standard InChI is InChI=1S/C6H10O3.Na.H/c1-5(2)6(8)9-4-3-7;;/h7H,1,3-4H2,2H3;;. The molecule has 10 heavy (non-hydrogen) atoms. The number of aliphatic hydroxyl groups is 1. The fraction of sp³-hybridized carbons (Fsp3) is 0.500. The number of esters is 1. The van der Waals surface area contributed by atoms with Crippen molar-refractivity contribution in [3.8, 4) is 0 Å². The maximum absolute atomic E-state index is 10.5. The third-order valence-corrected chi connectivity index (χ3v) is 0.673. The molecule has 0 atom stereocenters. The van der Waals surface area contributed by atoms with Crippen LogP contribution in [-0.2, 0) is 9.53 Å². The molecule has 0 aromatic heterocycles. The molecule has 0 spiro atoms. The Morgan fingerprint density at radius 1 is 1.70 bits per heavy atom. The summed E-state index contributed by atoms with van der Waals surface area (Å²) in [6, 6.07) is 0. The van der Waals surface area contributed by atoms with Gasteiger partial charge in [0, 0.05) is 5.57 Å². The average Bonchev–Trinajstić information content (AvgIpc) is 1.82. The molecule has 0 aliphatic rings. The van der Waals surface area contributed by atoms with E-state index in [9.17, 15) is 4.79 Å². The Hall–Kier alpha value is 0.170. The molecule has 0 aromatic rings. The van der Waals surface area contributed by atoms with Crippen LogP contribution in [0.2, 0.25) is 0 Å². The van der Waals surface area contributed by atoms with Gasteiger partial charge in [-0.15, -0.1) is 0 Å². The van der Waals surface area contributed by atoms with Crippen LogP contribution in [0.15, 0.2) is 12.2 Å². The van der Waals surface area contributed by atoms with Crippen molar-refractivity contribution in [1.82, 2.24) is 0 Å². The van der Waals surface area contributed by atoms with E-state index < -0.39 is 5.97 Å². The van der Waals surface area contributed by atoms with E-state index in [1.807, 2.05) is 0 Å². The van der Waals surface area contributed by atoms with Gasteiger partial charge < -0.3 is 9.84 Å². The van der Waals surface area contributed by atoms with E-state index in [0.717, 1.165) is 0 Å². The van der Waals surface area contributed by atoms with E-state index in [0.29, 0.717) is 5.57 Å². The first kappa shape index (κ1) is 12.8. The molecule has 0 heterocycles. The monoisotopic (exact) mass is 154 g/mol. The molecule has 0 amide bonds. The van der Waals surface area contributed by atoms with Crippen LogP contribution in [0, 0.1) is 0 Å². The SMILES string of the molecule is C=C(C)C(=O)OCCO.[NaH]. The molecular weight excluding hydrogens is 143 g/mol. The molecule has 0 radical (unpaired) electrons. The van der Waals surface area contributed by atoms with E-state index in [2.05, 4.69) is 11.3 Å². The van der Waals surface area contributed by atoms with Crippen LogP contribution in [0.5, 0.6) is 0 Å². The predicted molar refractivity (Wildman–Crippen MR) is 40.0 cm³/mol. The van der Waals surface area contributed by atoms with Gasteiger partial charge in [0.1, 0.15) is 6.61 Å². The van der Waals surface area contributed by atoms with Gasteiger partial charge in [0.05, 0.1) is 6.61 Å². The third kappa shape index (κ3) is 6.29. The van der Waals surface area contributed by atoms with Crippen molar-refractivity contribution in [1.29, 1.82) is 0 Å². The Kier molecular flexibility index (Phi) is 9.33. The Labute approximate surface area is 82.4 Å². The van der Waals surface area contributed by atoms with Gasteiger partial charge in [0.2, 0.25) is 0 Å². The van der Waals surface area contributed by atoms with E-state index in [-0.39, 0.29) is 42.8 Å². The van der Waals surface area contributed by atoms with E-state index in [1.165, 1.54) is 0 Å². The summed E-state index contributed by atoms with van der Waals surface area (Å²) in [4.78, 5) is 10.5. The normalized spacial score (nSPS) is 7.80. The number of hydrogen-bond donors (Lipinski definition) is 1. The molecule has 3 nitrogen and oxygen atoms in total. The molecule has 1 N–H and O–H groups in total. The van der Waals surface area contributed by atoms with Gasteiger partial charge in [-0.05, 0) is 6.92 Å². The minimum atomic E-state index is -0.455. The molecule has 4 heteroatoms. The first-order valence-corrected chi connectivity index (χ1v) is 2.62. The first-order valence-electron chi connectivity index (χ1n) is 2.62. The molecule has 0 rings (SSSR count). The first-order chi connectivity index (χ1) is 4.18. The molecule has 0 unspecified atom stereocenters. The fourth-order valence-electron chi connectivity index (χ4n) is 0.262. The zero-order chi connectivity index (χ0) is 7.28. The van der Waals surface area contributed by atoms with Crippen molar-refractivity contribution < 1.29 is 14.6 Å². The van der Waals surface area contributed by atoms with Crippen molar-refractivity contribution in [3.63, 3.8) is 0 Å².